The highest BCUT2D eigenvalue weighted by molar-refractivity contribution is 7.15. The first-order valence-corrected chi connectivity index (χ1v) is 9.21. The minimum absolute atomic E-state index is 0.0875. The summed E-state index contributed by atoms with van der Waals surface area (Å²) in [4.78, 5) is 24.5. The zero-order valence-corrected chi connectivity index (χ0v) is 15.6. The van der Waals surface area contributed by atoms with Crippen LogP contribution in [-0.4, -0.2) is 25.6 Å². The molecular weight excluding hydrogens is 338 g/mol. The van der Waals surface area contributed by atoms with E-state index in [1.807, 2.05) is 36.6 Å². The molecule has 0 saturated carbocycles. The molecule has 2 rings (SSSR count). The summed E-state index contributed by atoms with van der Waals surface area (Å²) in [6.45, 7) is 4.07. The van der Waals surface area contributed by atoms with E-state index < -0.39 is 5.97 Å². The molecule has 1 N–H and O–H groups in total. The van der Waals surface area contributed by atoms with Gasteiger partial charge in [-0.05, 0) is 31.0 Å². The van der Waals surface area contributed by atoms with Crippen LogP contribution in [0.25, 0.3) is 11.1 Å². The van der Waals surface area contributed by atoms with Gasteiger partial charge in [0.1, 0.15) is 16.3 Å². The average Bonchev–Trinajstić information content (AvgIpc) is 3.03. The SMILES string of the molecule is CCCCC(=O)Nc1scc(-c2ccc(OC)cc2)c1C(=O)OCC. The van der Waals surface area contributed by atoms with Gasteiger partial charge in [0.15, 0.2) is 0 Å². The van der Waals surface area contributed by atoms with E-state index in [9.17, 15) is 9.59 Å². The van der Waals surface area contributed by atoms with Gasteiger partial charge in [0.05, 0.1) is 13.7 Å². The third-order valence-corrected chi connectivity index (χ3v) is 4.58. The zero-order chi connectivity index (χ0) is 18.2. The van der Waals surface area contributed by atoms with Crippen molar-refractivity contribution in [2.24, 2.45) is 0 Å². The second-order valence-corrected chi connectivity index (χ2v) is 6.33. The fraction of sp³-hybridized carbons (Fsp3) is 0.368. The quantitative estimate of drug-likeness (QED) is 0.691. The molecular formula is C19H23NO4S. The van der Waals surface area contributed by atoms with Gasteiger partial charge >= 0.3 is 5.97 Å². The summed E-state index contributed by atoms with van der Waals surface area (Å²) in [5.74, 6) is 0.223. The fourth-order valence-corrected chi connectivity index (χ4v) is 3.34. The summed E-state index contributed by atoms with van der Waals surface area (Å²) in [6, 6.07) is 7.43. The normalized spacial score (nSPS) is 10.4. The number of nitrogens with one attached hydrogen (secondary N) is 1. The van der Waals surface area contributed by atoms with Gasteiger partial charge in [-0.2, -0.15) is 0 Å². The summed E-state index contributed by atoms with van der Waals surface area (Å²) in [7, 11) is 1.60. The lowest BCUT2D eigenvalue weighted by Gasteiger charge is -2.09. The first-order valence-electron chi connectivity index (χ1n) is 8.33. The Balaban J connectivity index is 2.35. The molecule has 0 bridgehead atoms. The van der Waals surface area contributed by atoms with Gasteiger partial charge in [-0.1, -0.05) is 25.5 Å². The predicted octanol–water partition coefficient (Wildman–Crippen LogP) is 4.73. The van der Waals surface area contributed by atoms with E-state index in [0.717, 1.165) is 29.7 Å². The second-order valence-electron chi connectivity index (χ2n) is 5.45. The standard InChI is InChI=1S/C19H23NO4S/c1-4-6-7-16(21)20-18-17(19(22)24-5-2)15(12-25-18)13-8-10-14(23-3)11-9-13/h8-12H,4-7H2,1-3H3,(H,20,21). The molecule has 0 saturated heterocycles. The van der Waals surface area contributed by atoms with E-state index in [-0.39, 0.29) is 12.5 Å². The number of hydrogen-bond acceptors (Lipinski definition) is 5. The average molecular weight is 361 g/mol. The number of amides is 1. The van der Waals surface area contributed by atoms with Gasteiger partial charge in [0.2, 0.25) is 5.91 Å². The molecule has 1 amide bonds. The summed E-state index contributed by atoms with van der Waals surface area (Å²) >= 11 is 1.33. The third kappa shape index (κ3) is 4.82. The molecule has 0 fully saturated rings. The molecule has 1 heterocycles. The number of benzene rings is 1. The molecule has 0 atom stereocenters. The van der Waals surface area contributed by atoms with Gasteiger partial charge in [0, 0.05) is 17.4 Å². The molecule has 1 aromatic carbocycles. The van der Waals surface area contributed by atoms with Crippen molar-refractivity contribution in [2.45, 2.75) is 33.1 Å². The summed E-state index contributed by atoms with van der Waals surface area (Å²) < 4.78 is 10.4. The number of thiophene rings is 1. The molecule has 134 valence electrons. The highest BCUT2D eigenvalue weighted by Gasteiger charge is 2.22. The van der Waals surface area contributed by atoms with Crippen molar-refractivity contribution in [1.82, 2.24) is 0 Å². The number of anilines is 1. The van der Waals surface area contributed by atoms with Crippen LogP contribution in [-0.2, 0) is 9.53 Å². The van der Waals surface area contributed by atoms with Crippen LogP contribution in [0, 0.1) is 0 Å². The van der Waals surface area contributed by atoms with Crippen molar-refractivity contribution >= 4 is 28.2 Å². The molecule has 0 aliphatic heterocycles. The maximum atomic E-state index is 12.4. The van der Waals surface area contributed by atoms with Gasteiger partial charge in [-0.25, -0.2) is 4.79 Å². The molecule has 25 heavy (non-hydrogen) atoms. The molecule has 0 aliphatic rings. The van der Waals surface area contributed by atoms with Gasteiger partial charge < -0.3 is 14.8 Å². The Hall–Kier alpha value is -2.34. The van der Waals surface area contributed by atoms with E-state index in [1.165, 1.54) is 11.3 Å². The topological polar surface area (TPSA) is 64.6 Å². The van der Waals surface area contributed by atoms with Crippen LogP contribution in [0.15, 0.2) is 29.6 Å². The molecule has 0 radical (unpaired) electrons. The first kappa shape index (κ1) is 19.0. The van der Waals surface area contributed by atoms with Crippen LogP contribution in [0.1, 0.15) is 43.5 Å². The van der Waals surface area contributed by atoms with E-state index in [2.05, 4.69) is 5.32 Å². The maximum absolute atomic E-state index is 12.4. The Bertz CT molecular complexity index is 722. The highest BCUT2D eigenvalue weighted by atomic mass is 32.1. The van der Waals surface area contributed by atoms with Crippen molar-refractivity contribution in [3.05, 3.63) is 35.2 Å². The number of carbonyl (C=O) groups is 2. The number of carbonyl (C=O) groups excluding carboxylic acids is 2. The van der Waals surface area contributed by atoms with Gasteiger partial charge in [-0.3, -0.25) is 4.79 Å². The van der Waals surface area contributed by atoms with E-state index >= 15 is 0 Å². The number of unbranched alkanes of at least 4 members (excludes halogenated alkanes) is 1. The fourth-order valence-electron chi connectivity index (χ4n) is 2.37. The molecule has 6 heteroatoms. The highest BCUT2D eigenvalue weighted by Crippen LogP contribution is 2.37. The van der Waals surface area contributed by atoms with Crippen LogP contribution in [0.5, 0.6) is 5.75 Å². The van der Waals surface area contributed by atoms with Crippen molar-refractivity contribution in [2.75, 3.05) is 19.0 Å². The minimum Gasteiger partial charge on any atom is -0.497 e. The Morgan fingerprint density at radius 3 is 2.48 bits per heavy atom. The molecule has 0 spiro atoms. The van der Waals surface area contributed by atoms with Crippen molar-refractivity contribution < 1.29 is 19.1 Å². The van der Waals surface area contributed by atoms with Gasteiger partial charge in [-0.15, -0.1) is 11.3 Å². The summed E-state index contributed by atoms with van der Waals surface area (Å²) in [5.41, 5.74) is 2.02. The third-order valence-electron chi connectivity index (χ3n) is 3.68. The van der Waals surface area contributed by atoms with E-state index in [1.54, 1.807) is 14.0 Å². The van der Waals surface area contributed by atoms with Gasteiger partial charge in [0.25, 0.3) is 0 Å². The minimum atomic E-state index is -0.430. The van der Waals surface area contributed by atoms with Crippen molar-refractivity contribution in [3.8, 4) is 16.9 Å². The summed E-state index contributed by atoms with van der Waals surface area (Å²) in [5, 5.41) is 5.25. The molecule has 2 aromatic rings. The number of methoxy groups -OCH3 is 1. The van der Waals surface area contributed by atoms with E-state index in [4.69, 9.17) is 9.47 Å². The zero-order valence-electron chi connectivity index (χ0n) is 14.8. The maximum Gasteiger partial charge on any atom is 0.341 e. The first-order chi connectivity index (χ1) is 12.1. The Labute approximate surface area is 152 Å². The second kappa shape index (κ2) is 9.22. The monoisotopic (exact) mass is 361 g/mol. The largest absolute Gasteiger partial charge is 0.497 e. The summed E-state index contributed by atoms with van der Waals surface area (Å²) in [6.07, 6.45) is 2.20. The molecule has 0 aliphatic carbocycles. The Morgan fingerprint density at radius 1 is 1.16 bits per heavy atom. The lowest BCUT2D eigenvalue weighted by Crippen LogP contribution is -2.14. The number of ether oxygens (including phenoxy) is 2. The predicted molar refractivity (Wildman–Crippen MR) is 100 cm³/mol. The lowest BCUT2D eigenvalue weighted by molar-refractivity contribution is -0.116. The van der Waals surface area contributed by atoms with Crippen LogP contribution in [0.4, 0.5) is 5.00 Å². The number of hydrogen-bond donors (Lipinski definition) is 1. The van der Waals surface area contributed by atoms with Crippen LogP contribution < -0.4 is 10.1 Å². The number of esters is 1. The van der Waals surface area contributed by atoms with Crippen LogP contribution >= 0.6 is 11.3 Å². The Kier molecular flexibility index (Phi) is 7.01. The Morgan fingerprint density at radius 2 is 1.88 bits per heavy atom. The van der Waals surface area contributed by atoms with Crippen LogP contribution in [0.2, 0.25) is 0 Å². The molecule has 5 nitrogen and oxygen atoms in total. The lowest BCUT2D eigenvalue weighted by atomic mass is 10.0. The van der Waals surface area contributed by atoms with Crippen molar-refractivity contribution in [1.29, 1.82) is 0 Å². The van der Waals surface area contributed by atoms with Crippen LogP contribution in [0.3, 0.4) is 0 Å². The number of rotatable bonds is 8. The smallest absolute Gasteiger partial charge is 0.341 e. The molecule has 0 unspecified atom stereocenters. The van der Waals surface area contributed by atoms with E-state index in [0.29, 0.717) is 17.0 Å². The molecule has 1 aromatic heterocycles. The van der Waals surface area contributed by atoms with Crippen molar-refractivity contribution in [3.63, 3.8) is 0 Å².